The van der Waals surface area contributed by atoms with E-state index in [4.69, 9.17) is 4.74 Å². The van der Waals surface area contributed by atoms with Gasteiger partial charge in [0.25, 0.3) is 0 Å². The van der Waals surface area contributed by atoms with Gasteiger partial charge >= 0.3 is 0 Å². The number of carbonyl (C=O) groups is 1. The molecular weight excluding hydrogens is 238 g/mol. The van der Waals surface area contributed by atoms with E-state index >= 15 is 0 Å². The Labute approximate surface area is 105 Å². The van der Waals surface area contributed by atoms with Gasteiger partial charge in [-0.3, -0.25) is 4.79 Å². The van der Waals surface area contributed by atoms with Crippen LogP contribution >= 0.6 is 11.3 Å². The number of hydrogen-bond donors (Lipinski definition) is 2. The summed E-state index contributed by atoms with van der Waals surface area (Å²) in [6.07, 6.45) is 1.24. The van der Waals surface area contributed by atoms with Crippen molar-refractivity contribution >= 4 is 17.2 Å². The highest BCUT2D eigenvalue weighted by Crippen LogP contribution is 2.02. The Morgan fingerprint density at radius 1 is 1.71 bits per heavy atom. The first-order valence-corrected chi connectivity index (χ1v) is 6.75. The predicted octanol–water partition coefficient (Wildman–Crippen LogP) is 0.180. The molecule has 1 saturated heterocycles. The number of thiazole rings is 1. The first-order valence-electron chi connectivity index (χ1n) is 5.80. The maximum absolute atomic E-state index is 11.6. The highest BCUT2D eigenvalue weighted by molar-refractivity contribution is 7.07. The molecule has 1 amide bonds. The quantitative estimate of drug-likeness (QED) is 0.788. The van der Waals surface area contributed by atoms with Gasteiger partial charge in [-0.2, -0.15) is 0 Å². The summed E-state index contributed by atoms with van der Waals surface area (Å²) in [6, 6.07) is 0. The molecule has 0 aliphatic carbocycles. The Balaban J connectivity index is 1.60. The molecule has 0 aromatic carbocycles. The molecule has 1 aliphatic rings. The van der Waals surface area contributed by atoms with Gasteiger partial charge in [-0.25, -0.2) is 4.98 Å². The van der Waals surface area contributed by atoms with Crippen LogP contribution in [0.25, 0.3) is 0 Å². The van der Waals surface area contributed by atoms with Crippen molar-refractivity contribution in [3.63, 3.8) is 0 Å². The van der Waals surface area contributed by atoms with Crippen molar-refractivity contribution in [2.75, 3.05) is 26.2 Å². The number of hydrogen-bond acceptors (Lipinski definition) is 5. The zero-order valence-corrected chi connectivity index (χ0v) is 10.5. The lowest BCUT2D eigenvalue weighted by Gasteiger charge is -2.22. The number of aromatic nitrogens is 1. The zero-order chi connectivity index (χ0) is 11.9. The first kappa shape index (κ1) is 12.5. The third kappa shape index (κ3) is 4.41. The van der Waals surface area contributed by atoms with Crippen LogP contribution in [-0.4, -0.2) is 43.2 Å². The minimum atomic E-state index is 0.0167. The summed E-state index contributed by atoms with van der Waals surface area (Å²) in [5.41, 5.74) is 2.84. The van der Waals surface area contributed by atoms with Crippen molar-refractivity contribution in [2.24, 2.45) is 0 Å². The van der Waals surface area contributed by atoms with E-state index in [-0.39, 0.29) is 12.0 Å². The van der Waals surface area contributed by atoms with Gasteiger partial charge < -0.3 is 15.4 Å². The average Bonchev–Trinajstić information content (AvgIpc) is 2.83. The topological polar surface area (TPSA) is 63.2 Å². The first-order chi connectivity index (χ1) is 8.34. The fourth-order valence-electron chi connectivity index (χ4n) is 1.72. The van der Waals surface area contributed by atoms with Gasteiger partial charge in [0, 0.05) is 31.4 Å². The van der Waals surface area contributed by atoms with Gasteiger partial charge in [-0.1, -0.05) is 0 Å². The second-order valence-corrected chi connectivity index (χ2v) is 4.70. The molecule has 17 heavy (non-hydrogen) atoms. The summed E-state index contributed by atoms with van der Waals surface area (Å²) in [7, 11) is 0. The maximum atomic E-state index is 11.6. The molecule has 0 bridgehead atoms. The highest BCUT2D eigenvalue weighted by Gasteiger charge is 2.16. The maximum Gasteiger partial charge on any atom is 0.222 e. The molecule has 0 radical (unpaired) electrons. The van der Waals surface area contributed by atoms with Gasteiger partial charge in [0.15, 0.2) is 0 Å². The fraction of sp³-hybridized carbons (Fsp3) is 0.636. The second-order valence-electron chi connectivity index (χ2n) is 3.98. The van der Waals surface area contributed by atoms with Crippen LogP contribution in [0.2, 0.25) is 0 Å². The normalized spacial score (nSPS) is 20.1. The van der Waals surface area contributed by atoms with E-state index in [2.05, 4.69) is 15.6 Å². The molecule has 6 heteroatoms. The summed E-state index contributed by atoms with van der Waals surface area (Å²) in [5, 5.41) is 8.09. The monoisotopic (exact) mass is 255 g/mol. The molecule has 0 saturated carbocycles. The van der Waals surface area contributed by atoms with Crippen LogP contribution < -0.4 is 10.6 Å². The number of nitrogens with one attached hydrogen (secondary N) is 2. The van der Waals surface area contributed by atoms with Gasteiger partial charge in [0.1, 0.15) is 0 Å². The van der Waals surface area contributed by atoms with Crippen LogP contribution in [-0.2, 0) is 16.0 Å². The van der Waals surface area contributed by atoms with Crippen molar-refractivity contribution in [2.45, 2.75) is 18.9 Å². The van der Waals surface area contributed by atoms with E-state index in [0.29, 0.717) is 19.6 Å². The minimum Gasteiger partial charge on any atom is -0.375 e. The van der Waals surface area contributed by atoms with Crippen molar-refractivity contribution in [3.8, 4) is 0 Å². The number of morpholine rings is 1. The van der Waals surface area contributed by atoms with Crippen molar-refractivity contribution in [3.05, 3.63) is 16.6 Å². The van der Waals surface area contributed by atoms with Crippen LogP contribution in [0.1, 0.15) is 12.1 Å². The molecule has 1 atom stereocenters. The van der Waals surface area contributed by atoms with Gasteiger partial charge in [-0.15, -0.1) is 11.3 Å². The van der Waals surface area contributed by atoms with Gasteiger partial charge in [0.05, 0.1) is 30.3 Å². The minimum absolute atomic E-state index is 0.0167. The Morgan fingerprint density at radius 3 is 3.35 bits per heavy atom. The Bertz CT molecular complexity index is 336. The molecular formula is C11H17N3O2S. The summed E-state index contributed by atoms with van der Waals surface area (Å²) in [4.78, 5) is 15.8. The number of amides is 1. The molecule has 2 heterocycles. The number of rotatable bonds is 5. The van der Waals surface area contributed by atoms with Crippen LogP contribution in [0, 0.1) is 0 Å². The van der Waals surface area contributed by atoms with Crippen LogP contribution in [0.5, 0.6) is 0 Å². The molecule has 1 aromatic heterocycles. The molecule has 1 unspecified atom stereocenters. The number of ether oxygens (including phenoxy) is 1. The Morgan fingerprint density at radius 2 is 2.65 bits per heavy atom. The summed E-state index contributed by atoms with van der Waals surface area (Å²) >= 11 is 1.57. The zero-order valence-electron chi connectivity index (χ0n) is 9.65. The Kier molecular flexibility index (Phi) is 4.90. The van der Waals surface area contributed by atoms with E-state index in [0.717, 1.165) is 25.2 Å². The largest absolute Gasteiger partial charge is 0.375 e. The van der Waals surface area contributed by atoms with Crippen molar-refractivity contribution < 1.29 is 9.53 Å². The molecule has 5 nitrogen and oxygen atoms in total. The molecule has 2 rings (SSSR count). The van der Waals surface area contributed by atoms with Crippen LogP contribution in [0.4, 0.5) is 0 Å². The van der Waals surface area contributed by atoms with Crippen molar-refractivity contribution in [1.82, 2.24) is 15.6 Å². The van der Waals surface area contributed by atoms with Crippen molar-refractivity contribution in [1.29, 1.82) is 0 Å². The fourth-order valence-corrected chi connectivity index (χ4v) is 2.31. The van der Waals surface area contributed by atoms with Gasteiger partial charge in [-0.05, 0) is 0 Å². The van der Waals surface area contributed by atoms with E-state index < -0.39 is 0 Å². The van der Waals surface area contributed by atoms with E-state index in [1.54, 1.807) is 16.8 Å². The predicted molar refractivity (Wildman–Crippen MR) is 66.1 cm³/mol. The van der Waals surface area contributed by atoms with Gasteiger partial charge in [0.2, 0.25) is 5.91 Å². The molecule has 1 aromatic rings. The molecule has 1 fully saturated rings. The third-order valence-corrected chi connectivity index (χ3v) is 3.24. The molecule has 1 aliphatic heterocycles. The van der Waals surface area contributed by atoms with Crippen LogP contribution in [0.3, 0.4) is 0 Å². The molecule has 0 spiro atoms. The summed E-state index contributed by atoms with van der Waals surface area (Å²) in [5.74, 6) is 0.0499. The van der Waals surface area contributed by atoms with E-state index in [9.17, 15) is 4.79 Å². The third-order valence-electron chi connectivity index (χ3n) is 2.60. The Hall–Kier alpha value is -0.980. The van der Waals surface area contributed by atoms with E-state index in [1.165, 1.54) is 0 Å². The standard InChI is InChI=1S/C11H17N3O2S/c15-11(5-10-6-12-3-4-16-10)13-2-1-9-7-17-8-14-9/h7-8,10,12H,1-6H2,(H,13,15). The lowest BCUT2D eigenvalue weighted by atomic mass is 10.2. The number of nitrogens with zero attached hydrogens (tertiary/aromatic N) is 1. The lowest BCUT2D eigenvalue weighted by Crippen LogP contribution is -2.41. The number of carbonyl (C=O) groups excluding carboxylic acids is 1. The lowest BCUT2D eigenvalue weighted by molar-refractivity contribution is -0.124. The summed E-state index contributed by atoms with van der Waals surface area (Å²) < 4.78 is 5.47. The molecule has 94 valence electrons. The average molecular weight is 255 g/mol. The molecule has 2 N–H and O–H groups in total. The SMILES string of the molecule is O=C(CC1CNCCO1)NCCc1cscn1. The highest BCUT2D eigenvalue weighted by atomic mass is 32.1. The summed E-state index contributed by atoms with van der Waals surface area (Å²) in [6.45, 7) is 2.97. The van der Waals surface area contributed by atoms with Crippen LogP contribution in [0.15, 0.2) is 10.9 Å². The second kappa shape index (κ2) is 6.68. The smallest absolute Gasteiger partial charge is 0.222 e. The van der Waals surface area contributed by atoms with E-state index in [1.807, 2.05) is 5.38 Å².